The maximum absolute atomic E-state index is 8.76. The largest absolute Gasteiger partial charge is 0.388 e. The molecule has 0 bridgehead atoms. The van der Waals surface area contributed by atoms with Crippen molar-refractivity contribution in [2.24, 2.45) is 0 Å². The van der Waals surface area contributed by atoms with E-state index in [0.717, 1.165) is 12.8 Å². The second kappa shape index (κ2) is 3.87. The van der Waals surface area contributed by atoms with Crippen LogP contribution in [0, 0.1) is 0 Å². The molecule has 1 fully saturated rings. The van der Waals surface area contributed by atoms with Gasteiger partial charge in [0.05, 0.1) is 0 Å². The standard InChI is InChI=1S/C9H14N2O2/c12-6-8-10-9(13-11-8)7-4-2-1-3-5-7/h7,12H,1-6H2. The fourth-order valence-corrected chi connectivity index (χ4v) is 1.85. The first-order chi connectivity index (χ1) is 6.40. The van der Waals surface area contributed by atoms with Crippen LogP contribution >= 0.6 is 0 Å². The molecule has 4 nitrogen and oxygen atoms in total. The molecule has 1 aliphatic carbocycles. The molecule has 0 spiro atoms. The summed E-state index contributed by atoms with van der Waals surface area (Å²) < 4.78 is 5.07. The summed E-state index contributed by atoms with van der Waals surface area (Å²) in [7, 11) is 0. The van der Waals surface area contributed by atoms with Gasteiger partial charge in [-0.25, -0.2) is 0 Å². The predicted octanol–water partition coefficient (Wildman–Crippen LogP) is 1.61. The number of hydrogen-bond acceptors (Lipinski definition) is 4. The summed E-state index contributed by atoms with van der Waals surface area (Å²) in [5, 5.41) is 12.4. The van der Waals surface area contributed by atoms with Gasteiger partial charge in [-0.2, -0.15) is 4.98 Å². The molecule has 72 valence electrons. The monoisotopic (exact) mass is 182 g/mol. The Morgan fingerprint density at radius 1 is 1.31 bits per heavy atom. The highest BCUT2D eigenvalue weighted by Gasteiger charge is 2.20. The molecule has 0 atom stereocenters. The van der Waals surface area contributed by atoms with Gasteiger partial charge in [0, 0.05) is 5.92 Å². The van der Waals surface area contributed by atoms with Gasteiger partial charge in [0.15, 0.2) is 5.82 Å². The average Bonchev–Trinajstić information content (AvgIpc) is 2.67. The second-order valence-electron chi connectivity index (χ2n) is 3.54. The number of aliphatic hydroxyl groups excluding tert-OH is 1. The third kappa shape index (κ3) is 1.88. The number of aromatic nitrogens is 2. The average molecular weight is 182 g/mol. The van der Waals surface area contributed by atoms with Crippen molar-refractivity contribution in [3.05, 3.63) is 11.7 Å². The van der Waals surface area contributed by atoms with Gasteiger partial charge in [0.1, 0.15) is 6.61 Å². The topological polar surface area (TPSA) is 59.2 Å². The van der Waals surface area contributed by atoms with Crippen LogP contribution in [0.5, 0.6) is 0 Å². The van der Waals surface area contributed by atoms with Crippen molar-refractivity contribution < 1.29 is 9.63 Å². The summed E-state index contributed by atoms with van der Waals surface area (Å²) in [6.45, 7) is -0.129. The van der Waals surface area contributed by atoms with Crippen molar-refractivity contribution in [3.8, 4) is 0 Å². The van der Waals surface area contributed by atoms with Crippen LogP contribution in [0.4, 0.5) is 0 Å². The fraction of sp³-hybridized carbons (Fsp3) is 0.778. The molecule has 1 aromatic rings. The molecule has 4 heteroatoms. The molecular formula is C9H14N2O2. The lowest BCUT2D eigenvalue weighted by Gasteiger charge is -2.17. The van der Waals surface area contributed by atoms with E-state index in [1.807, 2.05) is 0 Å². The highest BCUT2D eigenvalue weighted by atomic mass is 16.5. The van der Waals surface area contributed by atoms with E-state index in [0.29, 0.717) is 17.6 Å². The maximum Gasteiger partial charge on any atom is 0.229 e. The zero-order valence-electron chi connectivity index (χ0n) is 7.57. The third-order valence-electron chi connectivity index (χ3n) is 2.58. The van der Waals surface area contributed by atoms with E-state index < -0.39 is 0 Å². The molecule has 13 heavy (non-hydrogen) atoms. The summed E-state index contributed by atoms with van der Waals surface area (Å²) in [6.07, 6.45) is 6.11. The first kappa shape index (κ1) is 8.69. The lowest BCUT2D eigenvalue weighted by Crippen LogP contribution is -2.04. The molecule has 0 aliphatic heterocycles. The molecule has 0 radical (unpaired) electrons. The molecule has 2 rings (SSSR count). The Balaban J connectivity index is 2.05. The molecule has 1 heterocycles. The number of rotatable bonds is 2. The van der Waals surface area contributed by atoms with Gasteiger partial charge in [-0.15, -0.1) is 0 Å². The maximum atomic E-state index is 8.76. The lowest BCUT2D eigenvalue weighted by atomic mass is 9.89. The van der Waals surface area contributed by atoms with Gasteiger partial charge < -0.3 is 9.63 Å². The predicted molar refractivity (Wildman–Crippen MR) is 46.0 cm³/mol. The summed E-state index contributed by atoms with van der Waals surface area (Å²) in [4.78, 5) is 4.12. The minimum absolute atomic E-state index is 0.129. The third-order valence-corrected chi connectivity index (χ3v) is 2.58. The van der Waals surface area contributed by atoms with Gasteiger partial charge in [-0.3, -0.25) is 0 Å². The SMILES string of the molecule is OCc1noc(C2CCCCC2)n1. The van der Waals surface area contributed by atoms with Crippen LogP contribution in [0.25, 0.3) is 0 Å². The van der Waals surface area contributed by atoms with Crippen LogP contribution in [-0.4, -0.2) is 15.2 Å². The van der Waals surface area contributed by atoms with Crippen LogP contribution in [0.2, 0.25) is 0 Å². The van der Waals surface area contributed by atoms with Crippen LogP contribution < -0.4 is 0 Å². The smallest absolute Gasteiger partial charge is 0.229 e. The van der Waals surface area contributed by atoms with E-state index in [4.69, 9.17) is 9.63 Å². The summed E-state index contributed by atoms with van der Waals surface area (Å²) in [5.74, 6) is 1.55. The number of hydrogen-bond donors (Lipinski definition) is 1. The zero-order valence-corrected chi connectivity index (χ0v) is 7.57. The molecule has 0 saturated heterocycles. The quantitative estimate of drug-likeness (QED) is 0.754. The van der Waals surface area contributed by atoms with Crippen molar-refractivity contribution in [1.82, 2.24) is 10.1 Å². The Bertz CT molecular complexity index is 266. The van der Waals surface area contributed by atoms with Crippen molar-refractivity contribution in [1.29, 1.82) is 0 Å². The Kier molecular flexibility index (Phi) is 2.59. The van der Waals surface area contributed by atoms with Crippen LogP contribution in [0.3, 0.4) is 0 Å². The van der Waals surface area contributed by atoms with E-state index in [-0.39, 0.29) is 6.61 Å². The van der Waals surface area contributed by atoms with Gasteiger partial charge in [-0.05, 0) is 12.8 Å². The fourth-order valence-electron chi connectivity index (χ4n) is 1.85. The van der Waals surface area contributed by atoms with Crippen molar-refractivity contribution in [3.63, 3.8) is 0 Å². The minimum atomic E-state index is -0.129. The molecule has 1 N–H and O–H groups in total. The van der Waals surface area contributed by atoms with Crippen LogP contribution in [-0.2, 0) is 6.61 Å². The lowest BCUT2D eigenvalue weighted by molar-refractivity contribution is 0.260. The number of nitrogens with zero attached hydrogens (tertiary/aromatic N) is 2. The van der Waals surface area contributed by atoms with Crippen molar-refractivity contribution >= 4 is 0 Å². The van der Waals surface area contributed by atoms with E-state index in [9.17, 15) is 0 Å². The highest BCUT2D eigenvalue weighted by Crippen LogP contribution is 2.31. The molecule has 0 aromatic carbocycles. The summed E-state index contributed by atoms with van der Waals surface area (Å²) in [6, 6.07) is 0. The zero-order chi connectivity index (χ0) is 9.10. The first-order valence-electron chi connectivity index (χ1n) is 4.83. The molecule has 0 amide bonds. The summed E-state index contributed by atoms with van der Waals surface area (Å²) in [5.41, 5.74) is 0. The molecule has 1 aliphatic rings. The van der Waals surface area contributed by atoms with E-state index in [2.05, 4.69) is 10.1 Å². The normalized spacial score (nSPS) is 19.2. The Morgan fingerprint density at radius 2 is 2.08 bits per heavy atom. The minimum Gasteiger partial charge on any atom is -0.388 e. The molecular weight excluding hydrogens is 168 g/mol. The van der Waals surface area contributed by atoms with Gasteiger partial charge in [-0.1, -0.05) is 24.4 Å². The van der Waals surface area contributed by atoms with Crippen molar-refractivity contribution in [2.75, 3.05) is 0 Å². The molecule has 1 saturated carbocycles. The molecule has 1 aromatic heterocycles. The Morgan fingerprint density at radius 3 is 2.69 bits per heavy atom. The Labute approximate surface area is 77.0 Å². The second-order valence-corrected chi connectivity index (χ2v) is 3.54. The van der Waals surface area contributed by atoms with Crippen LogP contribution in [0.15, 0.2) is 4.52 Å². The van der Waals surface area contributed by atoms with Gasteiger partial charge >= 0.3 is 0 Å². The van der Waals surface area contributed by atoms with Gasteiger partial charge in [0.2, 0.25) is 5.89 Å². The Hall–Kier alpha value is -0.900. The highest BCUT2D eigenvalue weighted by molar-refractivity contribution is 4.94. The van der Waals surface area contributed by atoms with Gasteiger partial charge in [0.25, 0.3) is 0 Å². The molecule has 0 unspecified atom stereocenters. The summed E-state index contributed by atoms with van der Waals surface area (Å²) >= 11 is 0. The van der Waals surface area contributed by atoms with Crippen LogP contribution in [0.1, 0.15) is 49.7 Å². The van der Waals surface area contributed by atoms with E-state index in [1.165, 1.54) is 19.3 Å². The van der Waals surface area contributed by atoms with E-state index >= 15 is 0 Å². The first-order valence-corrected chi connectivity index (χ1v) is 4.83. The van der Waals surface area contributed by atoms with E-state index in [1.54, 1.807) is 0 Å². The number of aliphatic hydroxyl groups is 1. The van der Waals surface area contributed by atoms with Crippen molar-refractivity contribution in [2.45, 2.75) is 44.6 Å².